The third-order valence-corrected chi connectivity index (χ3v) is 6.57. The molecule has 1 N–H and O–H groups in total. The van der Waals surface area contributed by atoms with Gasteiger partial charge in [-0.05, 0) is 60.4 Å². The molecule has 1 aromatic heterocycles. The van der Waals surface area contributed by atoms with Crippen molar-refractivity contribution in [3.63, 3.8) is 0 Å². The molecule has 0 atom stereocenters. The van der Waals surface area contributed by atoms with E-state index < -0.39 is 12.6 Å². The number of rotatable bonds is 9. The topological polar surface area (TPSA) is 112 Å². The van der Waals surface area contributed by atoms with Crippen molar-refractivity contribution >= 4 is 39.0 Å². The van der Waals surface area contributed by atoms with Gasteiger partial charge in [0.05, 0.1) is 31.3 Å². The summed E-state index contributed by atoms with van der Waals surface area (Å²) in [5.74, 6) is 0.613. The fourth-order valence-corrected chi connectivity index (χ4v) is 4.67. The van der Waals surface area contributed by atoms with Gasteiger partial charge in [0.15, 0.2) is 23.9 Å². The van der Waals surface area contributed by atoms with Gasteiger partial charge < -0.3 is 19.3 Å². The largest absolute Gasteiger partial charge is 0.496 e. The number of aromatic nitrogens is 2. The van der Waals surface area contributed by atoms with E-state index in [1.54, 1.807) is 37.4 Å². The molecule has 0 amide bonds. The van der Waals surface area contributed by atoms with E-state index >= 15 is 0 Å². The standard InChI is InChI=1S/C29H28BrN3O6/c1-16(2)21-13-22(17(3)10-24(21)37-4)28-32-23-9-7-6-8-20(23)29(36)33(28)31-14-18-11-19(30)12-25(38-5)27(18)39-15-26(34)35/h6-14,16H,15H2,1-5H3,(H,34,35). The number of halogens is 1. The van der Waals surface area contributed by atoms with Crippen molar-refractivity contribution in [2.75, 3.05) is 20.8 Å². The molecular formula is C29H28BrN3O6. The Labute approximate surface area is 233 Å². The van der Waals surface area contributed by atoms with Crippen LogP contribution in [0.5, 0.6) is 17.2 Å². The maximum Gasteiger partial charge on any atom is 0.341 e. The minimum Gasteiger partial charge on any atom is -0.496 e. The summed E-state index contributed by atoms with van der Waals surface area (Å²) in [6.07, 6.45) is 1.42. The Morgan fingerprint density at radius 2 is 1.85 bits per heavy atom. The Hall–Kier alpha value is -4.18. The fourth-order valence-electron chi connectivity index (χ4n) is 4.22. The molecule has 3 aromatic carbocycles. The summed E-state index contributed by atoms with van der Waals surface area (Å²) in [5.41, 5.74) is 3.15. The number of carbonyl (C=O) groups is 1. The highest BCUT2D eigenvalue weighted by Gasteiger charge is 2.19. The SMILES string of the molecule is COc1cc(C)c(-c2nc3ccccc3c(=O)n2N=Cc2cc(Br)cc(OC)c2OCC(=O)O)cc1C(C)C. The number of fused-ring (bicyclic) bond motifs is 1. The number of para-hydroxylation sites is 1. The number of nitrogens with zero attached hydrogens (tertiary/aromatic N) is 3. The van der Waals surface area contributed by atoms with Gasteiger partial charge >= 0.3 is 5.97 Å². The zero-order valence-electron chi connectivity index (χ0n) is 22.2. The number of ether oxygens (including phenoxy) is 3. The van der Waals surface area contributed by atoms with E-state index in [-0.39, 0.29) is 17.2 Å². The Bertz CT molecular complexity index is 1640. The molecule has 0 fully saturated rings. The number of hydrogen-bond acceptors (Lipinski definition) is 7. The van der Waals surface area contributed by atoms with Crippen LogP contribution in [0, 0.1) is 6.92 Å². The van der Waals surface area contributed by atoms with E-state index in [1.807, 2.05) is 25.1 Å². The van der Waals surface area contributed by atoms with Crippen LogP contribution in [-0.2, 0) is 4.79 Å². The zero-order chi connectivity index (χ0) is 28.3. The van der Waals surface area contributed by atoms with Crippen LogP contribution in [0.3, 0.4) is 0 Å². The summed E-state index contributed by atoms with van der Waals surface area (Å²) in [6.45, 7) is 5.48. The Morgan fingerprint density at radius 1 is 1.13 bits per heavy atom. The molecule has 0 saturated carbocycles. The zero-order valence-corrected chi connectivity index (χ0v) is 23.8. The third kappa shape index (κ3) is 5.80. The summed E-state index contributed by atoms with van der Waals surface area (Å²) in [4.78, 5) is 29.7. The van der Waals surface area contributed by atoms with Gasteiger partial charge in [0.2, 0.25) is 0 Å². The highest BCUT2D eigenvalue weighted by molar-refractivity contribution is 9.10. The van der Waals surface area contributed by atoms with Crippen molar-refractivity contribution in [2.24, 2.45) is 5.10 Å². The van der Waals surface area contributed by atoms with E-state index in [2.05, 4.69) is 34.9 Å². The molecule has 39 heavy (non-hydrogen) atoms. The average Bonchev–Trinajstić information content (AvgIpc) is 2.91. The summed E-state index contributed by atoms with van der Waals surface area (Å²) in [6, 6.07) is 14.3. The molecule has 0 aliphatic carbocycles. The second kappa shape index (κ2) is 11.7. The summed E-state index contributed by atoms with van der Waals surface area (Å²) >= 11 is 3.43. The van der Waals surface area contributed by atoms with Crippen molar-refractivity contribution in [1.82, 2.24) is 9.66 Å². The maximum absolute atomic E-state index is 13.7. The van der Waals surface area contributed by atoms with Gasteiger partial charge in [-0.15, -0.1) is 0 Å². The smallest absolute Gasteiger partial charge is 0.341 e. The van der Waals surface area contributed by atoms with Gasteiger partial charge in [-0.25, -0.2) is 9.78 Å². The monoisotopic (exact) mass is 593 g/mol. The highest BCUT2D eigenvalue weighted by atomic mass is 79.9. The van der Waals surface area contributed by atoms with Crippen molar-refractivity contribution < 1.29 is 24.1 Å². The van der Waals surface area contributed by atoms with Crippen molar-refractivity contribution in [3.8, 4) is 28.6 Å². The predicted octanol–water partition coefficient (Wildman–Crippen LogP) is 5.62. The van der Waals surface area contributed by atoms with Crippen LogP contribution in [0.25, 0.3) is 22.3 Å². The molecule has 0 aliphatic heterocycles. The van der Waals surface area contributed by atoms with Gasteiger partial charge in [0, 0.05) is 15.6 Å². The van der Waals surface area contributed by atoms with E-state index in [0.717, 1.165) is 22.4 Å². The first-order valence-electron chi connectivity index (χ1n) is 12.1. The van der Waals surface area contributed by atoms with Crippen molar-refractivity contribution in [3.05, 3.63) is 80.0 Å². The predicted molar refractivity (Wildman–Crippen MR) is 154 cm³/mol. The minimum absolute atomic E-state index is 0.159. The van der Waals surface area contributed by atoms with Gasteiger partial charge in [0.1, 0.15) is 5.75 Å². The number of aryl methyl sites for hydroxylation is 1. The number of carboxylic acid groups (broad SMARTS) is 1. The molecule has 0 saturated heterocycles. The lowest BCUT2D eigenvalue weighted by molar-refractivity contribution is -0.139. The lowest BCUT2D eigenvalue weighted by Crippen LogP contribution is -2.21. The van der Waals surface area contributed by atoms with Crippen LogP contribution in [0.4, 0.5) is 0 Å². The van der Waals surface area contributed by atoms with Crippen LogP contribution in [0.15, 0.2) is 62.9 Å². The molecule has 0 bridgehead atoms. The number of methoxy groups -OCH3 is 2. The fraction of sp³-hybridized carbons (Fsp3) is 0.241. The molecule has 202 valence electrons. The molecule has 4 aromatic rings. The first-order valence-corrected chi connectivity index (χ1v) is 12.9. The first-order chi connectivity index (χ1) is 18.6. The van der Waals surface area contributed by atoms with Crippen LogP contribution in [0.2, 0.25) is 0 Å². The van der Waals surface area contributed by atoms with Crippen LogP contribution >= 0.6 is 15.9 Å². The lowest BCUT2D eigenvalue weighted by atomic mass is 9.96. The summed E-state index contributed by atoms with van der Waals surface area (Å²) in [7, 11) is 3.08. The van der Waals surface area contributed by atoms with Gasteiger partial charge in [-0.3, -0.25) is 4.79 Å². The van der Waals surface area contributed by atoms with Gasteiger partial charge in [-0.2, -0.15) is 9.78 Å². The molecule has 10 heteroatoms. The van der Waals surface area contributed by atoms with E-state index in [4.69, 9.17) is 24.3 Å². The summed E-state index contributed by atoms with van der Waals surface area (Å²) < 4.78 is 18.4. The molecule has 4 rings (SSSR count). The van der Waals surface area contributed by atoms with Crippen molar-refractivity contribution in [1.29, 1.82) is 0 Å². The van der Waals surface area contributed by atoms with Crippen molar-refractivity contribution in [2.45, 2.75) is 26.7 Å². The number of carboxylic acids is 1. The van der Waals surface area contributed by atoms with Gasteiger partial charge in [-0.1, -0.05) is 41.9 Å². The lowest BCUT2D eigenvalue weighted by Gasteiger charge is -2.17. The number of hydrogen-bond donors (Lipinski definition) is 1. The van der Waals surface area contributed by atoms with E-state index in [1.165, 1.54) is 18.0 Å². The second-order valence-corrected chi connectivity index (χ2v) is 10.0. The maximum atomic E-state index is 13.7. The van der Waals surface area contributed by atoms with E-state index in [0.29, 0.717) is 32.5 Å². The minimum atomic E-state index is -1.14. The molecule has 1 heterocycles. The van der Waals surface area contributed by atoms with Crippen LogP contribution < -0.4 is 19.8 Å². The normalized spacial score (nSPS) is 11.4. The molecular weight excluding hydrogens is 566 g/mol. The van der Waals surface area contributed by atoms with Crippen LogP contribution in [-0.4, -0.2) is 47.8 Å². The molecule has 0 spiro atoms. The third-order valence-electron chi connectivity index (χ3n) is 6.11. The molecule has 0 radical (unpaired) electrons. The van der Waals surface area contributed by atoms with Gasteiger partial charge in [0.25, 0.3) is 5.56 Å². The Morgan fingerprint density at radius 3 is 2.51 bits per heavy atom. The van der Waals surface area contributed by atoms with Crippen LogP contribution in [0.1, 0.15) is 36.5 Å². The number of aliphatic carboxylic acids is 1. The average molecular weight is 594 g/mol. The quantitative estimate of drug-likeness (QED) is 0.250. The Balaban J connectivity index is 1.98. The molecule has 0 unspecified atom stereocenters. The first kappa shape index (κ1) is 27.8. The Kier molecular flexibility index (Phi) is 8.35. The highest BCUT2D eigenvalue weighted by Crippen LogP contribution is 2.35. The molecule has 9 nitrogen and oxygen atoms in total. The second-order valence-electron chi connectivity index (χ2n) is 9.09. The number of benzene rings is 3. The molecule has 0 aliphatic rings. The van der Waals surface area contributed by atoms with E-state index in [9.17, 15) is 9.59 Å². The summed E-state index contributed by atoms with van der Waals surface area (Å²) in [5, 5.41) is 14.1.